The molecule has 38 heavy (non-hydrogen) atoms. The summed E-state index contributed by atoms with van der Waals surface area (Å²) in [6.45, 7) is 1.84. The van der Waals surface area contributed by atoms with E-state index in [4.69, 9.17) is 21.3 Å². The molecule has 0 atom stereocenters. The molecule has 5 rings (SSSR count). The number of anilines is 1. The van der Waals surface area contributed by atoms with E-state index in [9.17, 15) is 13.2 Å². The maximum atomic E-state index is 13.2. The molecule has 8 nitrogen and oxygen atoms in total. The summed E-state index contributed by atoms with van der Waals surface area (Å²) < 4.78 is 33.3. The van der Waals surface area contributed by atoms with Gasteiger partial charge in [0.2, 0.25) is 10.0 Å². The Bertz CT molecular complexity index is 1790. The number of aryl methyl sites for hydroxylation is 1. The van der Waals surface area contributed by atoms with E-state index in [2.05, 4.69) is 14.7 Å². The van der Waals surface area contributed by atoms with Gasteiger partial charge in [0.1, 0.15) is 22.3 Å². The van der Waals surface area contributed by atoms with Crippen LogP contribution in [-0.2, 0) is 15.8 Å². The third-order valence-electron chi connectivity index (χ3n) is 5.86. The number of hydrogen-bond acceptors (Lipinski definition) is 6. The second-order valence-electron chi connectivity index (χ2n) is 8.72. The van der Waals surface area contributed by atoms with E-state index in [1.807, 2.05) is 43.3 Å². The van der Waals surface area contributed by atoms with Crippen LogP contribution in [0.4, 0.5) is 5.69 Å². The van der Waals surface area contributed by atoms with Crippen molar-refractivity contribution in [3.8, 4) is 28.1 Å². The molecule has 0 unspecified atom stereocenters. The van der Waals surface area contributed by atoms with Crippen molar-refractivity contribution >= 4 is 38.3 Å². The second-order valence-corrected chi connectivity index (χ2v) is 10.8. The number of ether oxygens (including phenoxy) is 1. The Morgan fingerprint density at radius 1 is 0.947 bits per heavy atom. The fraction of sp³-hybridized carbons (Fsp3) is 0.107. The molecule has 0 spiro atoms. The van der Waals surface area contributed by atoms with Gasteiger partial charge in [-0.05, 0) is 55.0 Å². The maximum absolute atomic E-state index is 13.2. The van der Waals surface area contributed by atoms with Crippen molar-refractivity contribution in [3.63, 3.8) is 0 Å². The highest BCUT2D eigenvalue weighted by atomic mass is 35.5. The minimum absolute atomic E-state index is 0.213. The number of hydrogen-bond donors (Lipinski definition) is 2. The van der Waals surface area contributed by atoms with Gasteiger partial charge in [-0.1, -0.05) is 41.9 Å². The minimum atomic E-state index is -3.83. The van der Waals surface area contributed by atoms with Crippen LogP contribution in [0.15, 0.2) is 83.7 Å². The largest absolute Gasteiger partial charge is 0.497 e. The van der Waals surface area contributed by atoms with Crippen LogP contribution in [0.5, 0.6) is 5.75 Å². The standard InChI is InChI=1S/C28H23ClN4O4S/c1-17-12-19(13-26(29)30-17)23-15-24-25(34)14-21(31-28(24)32-27(23)18-6-4-3-5-7-18)16-38(35,36)33-20-8-10-22(37-2)11-9-20/h3-15,33H,16H2,1-2H3,(H,31,32,34). The predicted octanol–water partition coefficient (Wildman–Crippen LogP) is 5.56. The van der Waals surface area contributed by atoms with Gasteiger partial charge in [-0.15, -0.1) is 0 Å². The molecule has 0 aliphatic carbocycles. The van der Waals surface area contributed by atoms with Gasteiger partial charge < -0.3 is 9.72 Å². The third-order valence-corrected chi connectivity index (χ3v) is 7.29. The quantitative estimate of drug-likeness (QED) is 0.258. The van der Waals surface area contributed by atoms with Crippen LogP contribution in [0.2, 0.25) is 5.15 Å². The average Bonchev–Trinajstić information content (AvgIpc) is 2.88. The normalized spacial score (nSPS) is 11.4. The van der Waals surface area contributed by atoms with E-state index in [-0.39, 0.29) is 16.8 Å². The molecule has 3 aromatic heterocycles. The number of aromatic nitrogens is 3. The lowest BCUT2D eigenvalue weighted by molar-refractivity contribution is 0.415. The van der Waals surface area contributed by atoms with Crippen molar-refractivity contribution < 1.29 is 13.2 Å². The van der Waals surface area contributed by atoms with Gasteiger partial charge in [0.05, 0.1) is 18.2 Å². The molecule has 0 radical (unpaired) electrons. The molecule has 0 fully saturated rings. The Balaban J connectivity index is 1.58. The lowest BCUT2D eigenvalue weighted by Gasteiger charge is -2.13. The number of nitrogens with zero attached hydrogens (tertiary/aromatic N) is 2. The molecule has 0 amide bonds. The molecule has 0 saturated carbocycles. The first-order chi connectivity index (χ1) is 18.2. The van der Waals surface area contributed by atoms with Gasteiger partial charge in [0.25, 0.3) is 0 Å². The van der Waals surface area contributed by atoms with Gasteiger partial charge >= 0.3 is 0 Å². The first-order valence-corrected chi connectivity index (χ1v) is 13.7. The monoisotopic (exact) mass is 546 g/mol. The number of methoxy groups -OCH3 is 1. The molecule has 0 aliphatic heterocycles. The molecule has 2 N–H and O–H groups in total. The fourth-order valence-electron chi connectivity index (χ4n) is 4.20. The van der Waals surface area contributed by atoms with Crippen molar-refractivity contribution in [1.82, 2.24) is 15.0 Å². The highest BCUT2D eigenvalue weighted by molar-refractivity contribution is 7.91. The smallest absolute Gasteiger partial charge is 0.238 e. The Kier molecular flexibility index (Phi) is 6.88. The third kappa shape index (κ3) is 5.53. The molecule has 10 heteroatoms. The number of aromatic amines is 1. The van der Waals surface area contributed by atoms with Crippen molar-refractivity contribution in [3.05, 3.63) is 106 Å². The van der Waals surface area contributed by atoms with Crippen molar-refractivity contribution in [2.75, 3.05) is 11.8 Å². The summed E-state index contributed by atoms with van der Waals surface area (Å²) in [5.41, 5.74) is 4.19. The van der Waals surface area contributed by atoms with E-state index in [0.29, 0.717) is 33.2 Å². The van der Waals surface area contributed by atoms with E-state index < -0.39 is 15.8 Å². The topological polar surface area (TPSA) is 114 Å². The van der Waals surface area contributed by atoms with Crippen LogP contribution in [0.1, 0.15) is 11.4 Å². The van der Waals surface area contributed by atoms with Crippen LogP contribution < -0.4 is 14.9 Å². The van der Waals surface area contributed by atoms with Crippen molar-refractivity contribution in [1.29, 1.82) is 0 Å². The number of rotatable bonds is 7. The van der Waals surface area contributed by atoms with Crippen molar-refractivity contribution in [2.45, 2.75) is 12.7 Å². The summed E-state index contributed by atoms with van der Waals surface area (Å²) in [7, 11) is -2.30. The highest BCUT2D eigenvalue weighted by Crippen LogP contribution is 2.33. The lowest BCUT2D eigenvalue weighted by atomic mass is 9.98. The highest BCUT2D eigenvalue weighted by Gasteiger charge is 2.18. The molecule has 3 heterocycles. The Morgan fingerprint density at radius 2 is 1.68 bits per heavy atom. The van der Waals surface area contributed by atoms with Gasteiger partial charge in [-0.3, -0.25) is 9.52 Å². The summed E-state index contributed by atoms with van der Waals surface area (Å²) in [4.78, 5) is 25.2. The predicted molar refractivity (Wildman–Crippen MR) is 150 cm³/mol. The number of fused-ring (bicyclic) bond motifs is 1. The molecule has 2 aromatic carbocycles. The molecule has 5 aromatic rings. The minimum Gasteiger partial charge on any atom is -0.497 e. The van der Waals surface area contributed by atoms with E-state index in [0.717, 1.165) is 16.8 Å². The van der Waals surface area contributed by atoms with Crippen molar-refractivity contribution in [2.24, 2.45) is 0 Å². The molecular formula is C28H23ClN4O4S. The van der Waals surface area contributed by atoms with Crippen LogP contribution in [0.3, 0.4) is 0 Å². The lowest BCUT2D eigenvalue weighted by Crippen LogP contribution is -2.17. The Labute approximate surface area is 224 Å². The zero-order valence-corrected chi connectivity index (χ0v) is 22.1. The number of sulfonamides is 1. The van der Waals surface area contributed by atoms with Gasteiger partial charge in [0.15, 0.2) is 5.43 Å². The van der Waals surface area contributed by atoms with Crippen LogP contribution >= 0.6 is 11.6 Å². The summed E-state index contributed by atoms with van der Waals surface area (Å²) >= 11 is 6.23. The molecule has 0 aliphatic rings. The van der Waals surface area contributed by atoms with Gasteiger partial charge in [-0.2, -0.15) is 0 Å². The van der Waals surface area contributed by atoms with Crippen LogP contribution in [0.25, 0.3) is 33.4 Å². The maximum Gasteiger partial charge on any atom is 0.238 e. The summed E-state index contributed by atoms with van der Waals surface area (Å²) in [6.07, 6.45) is 0. The Hall–Kier alpha value is -4.21. The number of benzene rings is 2. The number of halogens is 1. The first kappa shape index (κ1) is 25.4. The zero-order valence-electron chi connectivity index (χ0n) is 20.5. The van der Waals surface area contributed by atoms with Gasteiger partial charge in [0, 0.05) is 34.3 Å². The Morgan fingerprint density at radius 3 is 2.37 bits per heavy atom. The first-order valence-electron chi connectivity index (χ1n) is 11.6. The van der Waals surface area contributed by atoms with Crippen LogP contribution in [0, 0.1) is 6.92 Å². The van der Waals surface area contributed by atoms with Gasteiger partial charge in [-0.25, -0.2) is 18.4 Å². The summed E-state index contributed by atoms with van der Waals surface area (Å²) in [5, 5.41) is 0.660. The van der Waals surface area contributed by atoms with Crippen LogP contribution in [-0.4, -0.2) is 30.5 Å². The van der Waals surface area contributed by atoms with E-state index >= 15 is 0 Å². The SMILES string of the molecule is COc1ccc(NS(=O)(=O)Cc2cc(=O)c3cc(-c4cc(C)nc(Cl)c4)c(-c4ccccc4)nc3[nH]2)cc1. The second kappa shape index (κ2) is 10.3. The fourth-order valence-corrected chi connectivity index (χ4v) is 5.58. The number of H-pyrrole nitrogens is 1. The van der Waals surface area contributed by atoms with E-state index in [1.54, 1.807) is 36.4 Å². The molecule has 0 saturated heterocycles. The number of nitrogens with one attached hydrogen (secondary N) is 2. The summed E-state index contributed by atoms with van der Waals surface area (Å²) in [5.74, 6) is 0.170. The molecular weight excluding hydrogens is 524 g/mol. The van der Waals surface area contributed by atoms with E-state index in [1.165, 1.54) is 13.2 Å². The molecule has 192 valence electrons. The average molecular weight is 547 g/mol. The zero-order chi connectivity index (χ0) is 26.9. The summed E-state index contributed by atoms with van der Waals surface area (Å²) in [6, 6.07) is 22.7. The molecule has 0 bridgehead atoms. The number of pyridine rings is 3.